The highest BCUT2D eigenvalue weighted by molar-refractivity contribution is 7.07. The van der Waals surface area contributed by atoms with Gasteiger partial charge in [-0.05, 0) is 35.7 Å². The average Bonchev–Trinajstić information content (AvgIpc) is 2.38. The van der Waals surface area contributed by atoms with Gasteiger partial charge in [0.1, 0.15) is 0 Å². The number of thiophene rings is 1. The molecular weight excluding hydrogens is 168 g/mol. The third-order valence-electron chi connectivity index (χ3n) is 1.95. The van der Waals surface area contributed by atoms with E-state index in [-0.39, 0.29) is 0 Å². The largest absolute Gasteiger partial charge is 0.390 e. The Bertz CT molecular complexity index is 214. The molecule has 1 heterocycles. The van der Waals surface area contributed by atoms with Gasteiger partial charge in [0.05, 0.1) is 5.60 Å². The summed E-state index contributed by atoms with van der Waals surface area (Å²) in [6.45, 7) is 4.01. The van der Waals surface area contributed by atoms with Gasteiger partial charge in [-0.25, -0.2) is 0 Å². The van der Waals surface area contributed by atoms with Gasteiger partial charge in [-0.15, -0.1) is 0 Å². The predicted molar refractivity (Wildman–Crippen MR) is 53.6 cm³/mol. The van der Waals surface area contributed by atoms with Gasteiger partial charge in [-0.3, -0.25) is 0 Å². The SMILES string of the molecule is CCCC(C)(O)Cc1ccsc1. The number of rotatable bonds is 4. The van der Waals surface area contributed by atoms with E-state index in [4.69, 9.17) is 0 Å². The van der Waals surface area contributed by atoms with Gasteiger partial charge in [0.25, 0.3) is 0 Å². The molecule has 0 bridgehead atoms. The molecule has 0 fully saturated rings. The van der Waals surface area contributed by atoms with Crippen molar-refractivity contribution in [3.63, 3.8) is 0 Å². The number of aliphatic hydroxyl groups is 1. The van der Waals surface area contributed by atoms with Crippen molar-refractivity contribution in [1.82, 2.24) is 0 Å². The van der Waals surface area contributed by atoms with E-state index in [2.05, 4.69) is 23.8 Å². The first kappa shape index (κ1) is 9.75. The van der Waals surface area contributed by atoms with E-state index >= 15 is 0 Å². The topological polar surface area (TPSA) is 20.2 Å². The van der Waals surface area contributed by atoms with E-state index in [1.54, 1.807) is 11.3 Å². The zero-order chi connectivity index (χ0) is 9.03. The third kappa shape index (κ3) is 2.95. The molecule has 1 unspecified atom stereocenters. The summed E-state index contributed by atoms with van der Waals surface area (Å²) in [4.78, 5) is 0. The van der Waals surface area contributed by atoms with Crippen molar-refractivity contribution >= 4 is 11.3 Å². The Labute approximate surface area is 78.1 Å². The van der Waals surface area contributed by atoms with E-state index in [0.29, 0.717) is 0 Å². The first-order valence-electron chi connectivity index (χ1n) is 4.37. The van der Waals surface area contributed by atoms with E-state index in [1.165, 1.54) is 5.56 Å². The number of hydrogen-bond donors (Lipinski definition) is 1. The monoisotopic (exact) mass is 184 g/mol. The van der Waals surface area contributed by atoms with Crippen molar-refractivity contribution < 1.29 is 5.11 Å². The van der Waals surface area contributed by atoms with E-state index < -0.39 is 5.60 Å². The summed E-state index contributed by atoms with van der Waals surface area (Å²) in [5, 5.41) is 14.0. The quantitative estimate of drug-likeness (QED) is 0.763. The molecule has 1 rings (SSSR count). The second kappa shape index (κ2) is 4.06. The molecule has 0 aliphatic heterocycles. The molecule has 0 aliphatic rings. The van der Waals surface area contributed by atoms with Gasteiger partial charge in [-0.1, -0.05) is 13.3 Å². The second-order valence-corrected chi connectivity index (χ2v) is 4.34. The number of hydrogen-bond acceptors (Lipinski definition) is 2. The highest BCUT2D eigenvalue weighted by Gasteiger charge is 2.19. The Kier molecular flexibility index (Phi) is 3.29. The van der Waals surface area contributed by atoms with Crippen molar-refractivity contribution in [1.29, 1.82) is 0 Å². The summed E-state index contributed by atoms with van der Waals surface area (Å²) in [5.41, 5.74) is 0.731. The Morgan fingerprint density at radius 3 is 2.83 bits per heavy atom. The molecule has 1 N–H and O–H groups in total. The van der Waals surface area contributed by atoms with Crippen LogP contribution in [0.25, 0.3) is 0 Å². The van der Waals surface area contributed by atoms with Crippen LogP contribution >= 0.6 is 11.3 Å². The Balaban J connectivity index is 2.50. The van der Waals surface area contributed by atoms with Crippen molar-refractivity contribution in [2.75, 3.05) is 0 Å². The first-order valence-corrected chi connectivity index (χ1v) is 5.32. The van der Waals surface area contributed by atoms with Crippen LogP contribution in [0.5, 0.6) is 0 Å². The van der Waals surface area contributed by atoms with Crippen LogP contribution in [0.2, 0.25) is 0 Å². The van der Waals surface area contributed by atoms with Crippen molar-refractivity contribution in [3.05, 3.63) is 22.4 Å². The molecule has 12 heavy (non-hydrogen) atoms. The summed E-state index contributed by atoms with van der Waals surface area (Å²) in [6.07, 6.45) is 2.70. The van der Waals surface area contributed by atoms with Gasteiger partial charge in [-0.2, -0.15) is 11.3 Å². The normalized spacial score (nSPS) is 15.9. The standard InChI is InChI=1S/C10H16OS/c1-3-5-10(2,11)7-9-4-6-12-8-9/h4,6,8,11H,3,5,7H2,1-2H3. The van der Waals surface area contributed by atoms with Crippen LogP contribution in [0.4, 0.5) is 0 Å². The lowest BCUT2D eigenvalue weighted by Gasteiger charge is -2.21. The Hall–Kier alpha value is -0.340. The van der Waals surface area contributed by atoms with Gasteiger partial charge < -0.3 is 5.11 Å². The minimum absolute atomic E-state index is 0.518. The molecule has 0 spiro atoms. The molecule has 0 saturated heterocycles. The molecule has 68 valence electrons. The van der Waals surface area contributed by atoms with E-state index in [9.17, 15) is 5.11 Å². The van der Waals surface area contributed by atoms with Crippen LogP contribution in [0.15, 0.2) is 16.8 Å². The Morgan fingerprint density at radius 1 is 1.58 bits per heavy atom. The van der Waals surface area contributed by atoms with Crippen LogP contribution in [-0.2, 0) is 6.42 Å². The summed E-state index contributed by atoms with van der Waals surface area (Å²) in [5.74, 6) is 0. The van der Waals surface area contributed by atoms with Gasteiger partial charge in [0.2, 0.25) is 0 Å². The fourth-order valence-electron chi connectivity index (χ4n) is 1.46. The maximum absolute atomic E-state index is 9.89. The molecule has 0 radical (unpaired) electrons. The lowest BCUT2D eigenvalue weighted by atomic mass is 9.94. The lowest BCUT2D eigenvalue weighted by Crippen LogP contribution is -2.26. The average molecular weight is 184 g/mol. The van der Waals surface area contributed by atoms with Gasteiger partial charge in [0.15, 0.2) is 0 Å². The fraction of sp³-hybridized carbons (Fsp3) is 0.600. The molecule has 1 aromatic rings. The van der Waals surface area contributed by atoms with Crippen LogP contribution in [0.1, 0.15) is 32.3 Å². The van der Waals surface area contributed by atoms with Gasteiger partial charge >= 0.3 is 0 Å². The minimum atomic E-state index is -0.518. The molecule has 1 atom stereocenters. The lowest BCUT2D eigenvalue weighted by molar-refractivity contribution is 0.0506. The molecule has 0 aliphatic carbocycles. The maximum atomic E-state index is 9.89. The summed E-state index contributed by atoms with van der Waals surface area (Å²) in [7, 11) is 0. The van der Waals surface area contributed by atoms with Crippen LogP contribution in [0.3, 0.4) is 0 Å². The molecule has 0 saturated carbocycles. The van der Waals surface area contributed by atoms with Gasteiger partial charge in [0, 0.05) is 6.42 Å². The highest BCUT2D eigenvalue weighted by atomic mass is 32.1. The van der Waals surface area contributed by atoms with Crippen LogP contribution < -0.4 is 0 Å². The van der Waals surface area contributed by atoms with E-state index in [0.717, 1.165) is 19.3 Å². The summed E-state index contributed by atoms with van der Waals surface area (Å²) < 4.78 is 0. The zero-order valence-corrected chi connectivity index (χ0v) is 8.53. The summed E-state index contributed by atoms with van der Waals surface area (Å²) >= 11 is 1.69. The predicted octanol–water partition coefficient (Wildman–Crippen LogP) is 2.84. The molecule has 0 amide bonds. The second-order valence-electron chi connectivity index (χ2n) is 3.56. The van der Waals surface area contributed by atoms with Crippen LogP contribution in [-0.4, -0.2) is 10.7 Å². The molecule has 0 aromatic carbocycles. The minimum Gasteiger partial charge on any atom is -0.390 e. The maximum Gasteiger partial charge on any atom is 0.0660 e. The smallest absolute Gasteiger partial charge is 0.0660 e. The highest BCUT2D eigenvalue weighted by Crippen LogP contribution is 2.19. The first-order chi connectivity index (χ1) is 5.64. The van der Waals surface area contributed by atoms with Crippen molar-refractivity contribution in [2.45, 2.75) is 38.7 Å². The fourth-order valence-corrected chi connectivity index (χ4v) is 2.13. The molecule has 1 aromatic heterocycles. The Morgan fingerprint density at radius 2 is 2.33 bits per heavy atom. The zero-order valence-electron chi connectivity index (χ0n) is 7.71. The summed E-state index contributed by atoms with van der Waals surface area (Å²) in [6, 6.07) is 2.08. The molecular formula is C10H16OS. The van der Waals surface area contributed by atoms with E-state index in [1.807, 2.05) is 6.92 Å². The van der Waals surface area contributed by atoms with Crippen molar-refractivity contribution in [2.24, 2.45) is 0 Å². The third-order valence-corrected chi connectivity index (χ3v) is 2.69. The van der Waals surface area contributed by atoms with Crippen molar-refractivity contribution in [3.8, 4) is 0 Å². The molecule has 1 nitrogen and oxygen atoms in total. The molecule has 2 heteroatoms. The van der Waals surface area contributed by atoms with Crippen LogP contribution in [0, 0.1) is 0 Å².